The smallest absolute Gasteiger partial charge is 0.193 e. The zero-order valence-corrected chi connectivity index (χ0v) is 18.8. The van der Waals surface area contributed by atoms with E-state index in [1.54, 1.807) is 14.2 Å². The van der Waals surface area contributed by atoms with E-state index < -0.39 is 0 Å². The van der Waals surface area contributed by atoms with Crippen molar-refractivity contribution in [3.63, 3.8) is 0 Å². The summed E-state index contributed by atoms with van der Waals surface area (Å²) in [5.74, 6) is 3.12. The van der Waals surface area contributed by atoms with Crippen LogP contribution in [-0.4, -0.2) is 84.2 Å². The molecule has 2 atom stereocenters. The second kappa shape index (κ2) is 12.0. The zero-order chi connectivity index (χ0) is 21.2. The lowest BCUT2D eigenvalue weighted by Gasteiger charge is -2.22. The molecule has 1 aromatic rings. The first-order valence-corrected chi connectivity index (χ1v) is 11.2. The van der Waals surface area contributed by atoms with Crippen LogP contribution in [0.5, 0.6) is 5.75 Å². The van der Waals surface area contributed by atoms with Crippen molar-refractivity contribution in [2.45, 2.75) is 19.8 Å². The van der Waals surface area contributed by atoms with E-state index in [2.05, 4.69) is 40.2 Å². The Hall–Kier alpha value is -1.99. The fourth-order valence-corrected chi connectivity index (χ4v) is 4.22. The van der Waals surface area contributed by atoms with Crippen LogP contribution in [0.2, 0.25) is 0 Å². The molecule has 2 saturated heterocycles. The van der Waals surface area contributed by atoms with Crippen LogP contribution in [-0.2, 0) is 9.47 Å². The number of nitrogens with zero attached hydrogens (tertiary/aromatic N) is 3. The molecule has 7 heteroatoms. The molecule has 2 unspecified atom stereocenters. The van der Waals surface area contributed by atoms with E-state index in [9.17, 15) is 0 Å². The molecule has 2 aliphatic heterocycles. The lowest BCUT2D eigenvalue weighted by molar-refractivity contribution is 0.0536. The average molecular weight is 419 g/mol. The molecule has 0 saturated carbocycles. The minimum absolute atomic E-state index is 0.570. The van der Waals surface area contributed by atoms with Crippen molar-refractivity contribution in [2.75, 3.05) is 78.2 Å². The standard InChI is InChI=1S/C23H38N4O3/c1-4-24-23(27-11-9-20(17-27)18-30-13-12-28-2)25-15-19-8-10-26(16-19)21-6-5-7-22(14-21)29-3/h5-7,14,19-20H,4,8-13,15-18H2,1-3H3,(H,24,25). The van der Waals surface area contributed by atoms with Gasteiger partial charge in [-0.05, 0) is 37.8 Å². The van der Waals surface area contributed by atoms with Gasteiger partial charge in [0.25, 0.3) is 0 Å². The van der Waals surface area contributed by atoms with Gasteiger partial charge in [-0.1, -0.05) is 6.07 Å². The SMILES string of the molecule is CCNC(=NCC1CCN(c2cccc(OC)c2)C1)N1CCC(COCCOC)C1. The van der Waals surface area contributed by atoms with E-state index in [-0.39, 0.29) is 0 Å². The van der Waals surface area contributed by atoms with Gasteiger partial charge in [-0.25, -0.2) is 0 Å². The highest BCUT2D eigenvalue weighted by molar-refractivity contribution is 5.80. The second-order valence-corrected chi connectivity index (χ2v) is 8.17. The Kier molecular flexibility index (Phi) is 9.08. The monoisotopic (exact) mass is 418 g/mol. The normalized spacial score (nSPS) is 22.0. The summed E-state index contributed by atoms with van der Waals surface area (Å²) in [5, 5.41) is 3.49. The Morgan fingerprint density at radius 1 is 1.13 bits per heavy atom. The van der Waals surface area contributed by atoms with Crippen LogP contribution < -0.4 is 15.0 Å². The molecule has 0 amide bonds. The van der Waals surface area contributed by atoms with E-state index in [0.717, 1.165) is 64.0 Å². The van der Waals surface area contributed by atoms with Gasteiger partial charge in [0.2, 0.25) is 0 Å². The maximum absolute atomic E-state index is 5.73. The van der Waals surface area contributed by atoms with Crippen molar-refractivity contribution < 1.29 is 14.2 Å². The van der Waals surface area contributed by atoms with Crippen LogP contribution in [0.15, 0.2) is 29.3 Å². The van der Waals surface area contributed by atoms with Crippen molar-refractivity contribution in [1.82, 2.24) is 10.2 Å². The van der Waals surface area contributed by atoms with Crippen LogP contribution in [0.3, 0.4) is 0 Å². The minimum Gasteiger partial charge on any atom is -0.497 e. The molecular weight excluding hydrogens is 380 g/mol. The summed E-state index contributed by atoms with van der Waals surface area (Å²) >= 11 is 0. The second-order valence-electron chi connectivity index (χ2n) is 8.17. The number of methoxy groups -OCH3 is 2. The molecule has 3 rings (SSSR count). The lowest BCUT2D eigenvalue weighted by Crippen LogP contribution is -2.40. The number of likely N-dealkylation sites (tertiary alicyclic amines) is 1. The Labute approximate surface area is 181 Å². The van der Waals surface area contributed by atoms with Crippen LogP contribution in [0, 0.1) is 11.8 Å². The highest BCUT2D eigenvalue weighted by Gasteiger charge is 2.26. The van der Waals surface area contributed by atoms with Crippen molar-refractivity contribution in [2.24, 2.45) is 16.8 Å². The van der Waals surface area contributed by atoms with Gasteiger partial charge in [-0.15, -0.1) is 0 Å². The molecule has 30 heavy (non-hydrogen) atoms. The summed E-state index contributed by atoms with van der Waals surface area (Å²) in [6.07, 6.45) is 2.33. The van der Waals surface area contributed by atoms with E-state index in [0.29, 0.717) is 25.0 Å². The number of guanidine groups is 1. The Bertz CT molecular complexity index is 670. The van der Waals surface area contributed by atoms with Crippen molar-refractivity contribution in [1.29, 1.82) is 0 Å². The van der Waals surface area contributed by atoms with Gasteiger partial charge in [0, 0.05) is 64.0 Å². The first kappa shape index (κ1) is 22.7. The number of hydrogen-bond donors (Lipinski definition) is 1. The van der Waals surface area contributed by atoms with Gasteiger partial charge in [0.1, 0.15) is 5.75 Å². The fourth-order valence-electron chi connectivity index (χ4n) is 4.22. The average Bonchev–Trinajstić information content (AvgIpc) is 3.44. The van der Waals surface area contributed by atoms with Crippen LogP contribution in [0.25, 0.3) is 0 Å². The highest BCUT2D eigenvalue weighted by atomic mass is 16.5. The third-order valence-electron chi connectivity index (χ3n) is 5.91. The number of nitrogens with one attached hydrogen (secondary N) is 1. The van der Waals surface area contributed by atoms with E-state index in [1.165, 1.54) is 12.1 Å². The number of anilines is 1. The van der Waals surface area contributed by atoms with Gasteiger partial charge in [0.05, 0.1) is 26.9 Å². The van der Waals surface area contributed by atoms with E-state index in [1.807, 2.05) is 6.07 Å². The molecule has 2 heterocycles. The molecule has 1 N–H and O–H groups in total. The van der Waals surface area contributed by atoms with Gasteiger partial charge < -0.3 is 29.3 Å². The summed E-state index contributed by atoms with van der Waals surface area (Å²) < 4.78 is 16.2. The number of benzene rings is 1. The zero-order valence-electron chi connectivity index (χ0n) is 18.8. The Morgan fingerprint density at radius 3 is 2.80 bits per heavy atom. The first-order chi connectivity index (χ1) is 14.7. The molecule has 2 aliphatic rings. The highest BCUT2D eigenvalue weighted by Crippen LogP contribution is 2.27. The van der Waals surface area contributed by atoms with Crippen LogP contribution >= 0.6 is 0 Å². The third kappa shape index (κ3) is 6.51. The number of hydrogen-bond acceptors (Lipinski definition) is 5. The third-order valence-corrected chi connectivity index (χ3v) is 5.91. The Balaban J connectivity index is 1.49. The molecule has 0 spiro atoms. The molecule has 0 bridgehead atoms. The summed E-state index contributed by atoms with van der Waals surface area (Å²) in [4.78, 5) is 9.84. The van der Waals surface area contributed by atoms with E-state index in [4.69, 9.17) is 19.2 Å². The summed E-state index contributed by atoms with van der Waals surface area (Å²) in [6.45, 7) is 10.2. The number of ether oxygens (including phenoxy) is 3. The molecule has 168 valence electrons. The van der Waals surface area contributed by atoms with Crippen LogP contribution in [0.4, 0.5) is 5.69 Å². The molecule has 0 aliphatic carbocycles. The number of rotatable bonds is 10. The minimum atomic E-state index is 0.570. The topological polar surface area (TPSA) is 58.6 Å². The summed E-state index contributed by atoms with van der Waals surface area (Å²) in [7, 11) is 3.43. The van der Waals surface area contributed by atoms with Gasteiger partial charge >= 0.3 is 0 Å². The Morgan fingerprint density at radius 2 is 2.00 bits per heavy atom. The molecule has 2 fully saturated rings. The largest absolute Gasteiger partial charge is 0.497 e. The van der Waals surface area contributed by atoms with Crippen molar-refractivity contribution >= 4 is 11.6 Å². The first-order valence-electron chi connectivity index (χ1n) is 11.2. The van der Waals surface area contributed by atoms with Crippen molar-refractivity contribution in [3.05, 3.63) is 24.3 Å². The van der Waals surface area contributed by atoms with Gasteiger partial charge in [0.15, 0.2) is 5.96 Å². The van der Waals surface area contributed by atoms with E-state index >= 15 is 0 Å². The van der Waals surface area contributed by atoms with Gasteiger partial charge in [-0.2, -0.15) is 0 Å². The lowest BCUT2D eigenvalue weighted by atomic mass is 10.1. The molecule has 0 aromatic heterocycles. The summed E-state index contributed by atoms with van der Waals surface area (Å²) in [6, 6.07) is 8.34. The van der Waals surface area contributed by atoms with Crippen LogP contribution in [0.1, 0.15) is 19.8 Å². The molecular formula is C23H38N4O3. The number of aliphatic imine (C=N–C) groups is 1. The predicted octanol–water partition coefficient (Wildman–Crippen LogP) is 2.47. The maximum atomic E-state index is 5.73. The van der Waals surface area contributed by atoms with Gasteiger partial charge in [-0.3, -0.25) is 4.99 Å². The quantitative estimate of drug-likeness (QED) is 0.358. The van der Waals surface area contributed by atoms with Crippen molar-refractivity contribution in [3.8, 4) is 5.75 Å². The fraction of sp³-hybridized carbons (Fsp3) is 0.696. The molecule has 7 nitrogen and oxygen atoms in total. The molecule has 1 aromatic carbocycles. The maximum Gasteiger partial charge on any atom is 0.193 e. The molecule has 0 radical (unpaired) electrons. The summed E-state index contributed by atoms with van der Waals surface area (Å²) in [5.41, 5.74) is 1.24. The predicted molar refractivity (Wildman–Crippen MR) is 122 cm³/mol.